The number of thiazole rings is 1. The van der Waals surface area contributed by atoms with Crippen molar-refractivity contribution in [1.29, 1.82) is 0 Å². The predicted octanol–water partition coefficient (Wildman–Crippen LogP) is 3.16. The van der Waals surface area contributed by atoms with Crippen molar-refractivity contribution in [2.24, 2.45) is 0 Å². The van der Waals surface area contributed by atoms with Gasteiger partial charge in [-0.15, -0.1) is 11.3 Å². The van der Waals surface area contributed by atoms with Gasteiger partial charge in [0.15, 0.2) is 3.95 Å². The van der Waals surface area contributed by atoms with E-state index in [0.717, 1.165) is 21.9 Å². The molecular weight excluding hydrogens is 304 g/mol. The zero-order valence-corrected chi connectivity index (χ0v) is 13.7. The number of rotatable bonds is 6. The number of aryl methyl sites for hydroxylation is 2. The third-order valence-corrected chi connectivity index (χ3v) is 4.26. The van der Waals surface area contributed by atoms with Crippen molar-refractivity contribution >= 4 is 29.5 Å². The number of amides is 1. The second-order valence-electron chi connectivity index (χ2n) is 4.75. The maximum atomic E-state index is 11.8. The van der Waals surface area contributed by atoms with Crippen LogP contribution in [0.4, 0.5) is 0 Å². The van der Waals surface area contributed by atoms with Gasteiger partial charge in [-0.1, -0.05) is 12.1 Å². The third kappa shape index (κ3) is 4.99. The Labute approximate surface area is 133 Å². The van der Waals surface area contributed by atoms with Crippen LogP contribution in [0.15, 0.2) is 24.3 Å². The molecule has 2 aromatic rings. The quantitative estimate of drug-likeness (QED) is 0.634. The molecule has 2 rings (SSSR count). The monoisotopic (exact) mass is 322 g/mol. The van der Waals surface area contributed by atoms with Crippen LogP contribution in [0.1, 0.15) is 16.1 Å². The summed E-state index contributed by atoms with van der Waals surface area (Å²) in [5, 5.41) is 2.85. The van der Waals surface area contributed by atoms with Crippen molar-refractivity contribution in [1.82, 2.24) is 10.3 Å². The second-order valence-corrected chi connectivity index (χ2v) is 6.53. The summed E-state index contributed by atoms with van der Waals surface area (Å²) in [5.74, 6) is 0.805. The van der Waals surface area contributed by atoms with Gasteiger partial charge in [0.25, 0.3) is 0 Å². The lowest BCUT2D eigenvalue weighted by Gasteiger charge is -2.08. The van der Waals surface area contributed by atoms with Crippen LogP contribution in [0.5, 0.6) is 5.75 Å². The van der Waals surface area contributed by atoms with Crippen LogP contribution in [0, 0.1) is 17.8 Å². The van der Waals surface area contributed by atoms with E-state index in [9.17, 15) is 4.79 Å². The van der Waals surface area contributed by atoms with Gasteiger partial charge in [0.1, 0.15) is 12.4 Å². The lowest BCUT2D eigenvalue weighted by molar-refractivity contribution is -0.120. The molecule has 0 saturated heterocycles. The molecule has 0 aliphatic rings. The molecule has 0 saturated carbocycles. The minimum Gasteiger partial charge on any atom is -0.492 e. The van der Waals surface area contributed by atoms with E-state index in [0.29, 0.717) is 23.5 Å². The number of H-pyrrole nitrogens is 1. The smallest absolute Gasteiger partial charge is 0.225 e. The largest absolute Gasteiger partial charge is 0.492 e. The molecule has 0 unspecified atom stereocenters. The number of aromatic nitrogens is 1. The highest BCUT2D eigenvalue weighted by atomic mass is 32.1. The van der Waals surface area contributed by atoms with E-state index >= 15 is 0 Å². The summed E-state index contributed by atoms with van der Waals surface area (Å²) in [6, 6.07) is 7.84. The number of nitrogens with one attached hydrogen (secondary N) is 2. The summed E-state index contributed by atoms with van der Waals surface area (Å²) >= 11 is 6.50. The van der Waals surface area contributed by atoms with E-state index in [4.69, 9.17) is 17.0 Å². The molecule has 1 aromatic heterocycles. The van der Waals surface area contributed by atoms with Gasteiger partial charge in [0, 0.05) is 10.6 Å². The first-order valence-electron chi connectivity index (χ1n) is 6.69. The van der Waals surface area contributed by atoms with E-state index in [1.165, 1.54) is 11.3 Å². The molecule has 0 spiro atoms. The molecule has 1 aromatic carbocycles. The molecule has 0 aliphatic heterocycles. The topological polar surface area (TPSA) is 54.1 Å². The summed E-state index contributed by atoms with van der Waals surface area (Å²) in [7, 11) is 0. The maximum absolute atomic E-state index is 11.8. The van der Waals surface area contributed by atoms with Gasteiger partial charge in [-0.05, 0) is 43.8 Å². The molecule has 0 atom stereocenters. The minimum atomic E-state index is -0.0174. The van der Waals surface area contributed by atoms with Gasteiger partial charge >= 0.3 is 0 Å². The van der Waals surface area contributed by atoms with E-state index in [1.807, 2.05) is 38.1 Å². The fourth-order valence-corrected chi connectivity index (χ4v) is 3.17. The number of hydrogen-bond acceptors (Lipinski definition) is 4. The van der Waals surface area contributed by atoms with Gasteiger partial charge in [-0.3, -0.25) is 4.79 Å². The van der Waals surface area contributed by atoms with Crippen LogP contribution in [0.25, 0.3) is 0 Å². The van der Waals surface area contributed by atoms with Crippen LogP contribution >= 0.6 is 23.6 Å². The molecule has 4 nitrogen and oxygen atoms in total. The molecule has 21 heavy (non-hydrogen) atoms. The van der Waals surface area contributed by atoms with Crippen molar-refractivity contribution in [2.75, 3.05) is 13.2 Å². The third-order valence-electron chi connectivity index (χ3n) is 2.93. The van der Waals surface area contributed by atoms with Crippen LogP contribution < -0.4 is 10.1 Å². The number of carbonyl (C=O) groups excluding carboxylic acids is 1. The highest BCUT2D eigenvalue weighted by Gasteiger charge is 2.08. The molecule has 1 heterocycles. The molecule has 1 amide bonds. The SMILES string of the molecule is Cc1cccc(OCCNC(=O)Cc2sc(=S)[nH]c2C)c1. The Bertz CT molecular complexity index is 676. The Kier molecular flexibility index (Phi) is 5.52. The van der Waals surface area contributed by atoms with E-state index < -0.39 is 0 Å². The normalized spacial score (nSPS) is 10.4. The zero-order chi connectivity index (χ0) is 15.2. The fraction of sp³-hybridized carbons (Fsp3) is 0.333. The molecule has 0 fully saturated rings. The van der Waals surface area contributed by atoms with E-state index in [-0.39, 0.29) is 5.91 Å². The van der Waals surface area contributed by atoms with Crippen molar-refractivity contribution in [2.45, 2.75) is 20.3 Å². The molecular formula is C15H18N2O2S2. The van der Waals surface area contributed by atoms with Gasteiger partial charge in [-0.2, -0.15) is 0 Å². The Morgan fingerprint density at radius 3 is 2.90 bits per heavy atom. The zero-order valence-electron chi connectivity index (χ0n) is 12.1. The van der Waals surface area contributed by atoms with Crippen molar-refractivity contribution in [3.8, 4) is 5.75 Å². The molecule has 0 radical (unpaired) electrons. The average Bonchev–Trinajstić information content (AvgIpc) is 2.73. The lowest BCUT2D eigenvalue weighted by atomic mass is 10.2. The number of benzene rings is 1. The Hall–Kier alpha value is -1.66. The fourth-order valence-electron chi connectivity index (χ4n) is 1.88. The van der Waals surface area contributed by atoms with Crippen LogP contribution in [0.2, 0.25) is 0 Å². The van der Waals surface area contributed by atoms with Gasteiger partial charge in [0.05, 0.1) is 13.0 Å². The molecule has 6 heteroatoms. The standard InChI is InChI=1S/C15H18N2O2S2/c1-10-4-3-5-12(8-10)19-7-6-16-14(18)9-13-11(2)17-15(20)21-13/h3-5,8H,6-7,9H2,1-2H3,(H,16,18)(H,17,20). The first-order chi connectivity index (χ1) is 10.0. The van der Waals surface area contributed by atoms with Gasteiger partial charge in [-0.25, -0.2) is 0 Å². The number of hydrogen-bond donors (Lipinski definition) is 2. The first-order valence-corrected chi connectivity index (χ1v) is 7.92. The predicted molar refractivity (Wildman–Crippen MR) is 87.6 cm³/mol. The second kappa shape index (κ2) is 7.38. The average molecular weight is 322 g/mol. The highest BCUT2D eigenvalue weighted by molar-refractivity contribution is 7.73. The lowest BCUT2D eigenvalue weighted by Crippen LogP contribution is -2.29. The molecule has 112 valence electrons. The highest BCUT2D eigenvalue weighted by Crippen LogP contribution is 2.15. The Morgan fingerprint density at radius 1 is 1.43 bits per heavy atom. The summed E-state index contributed by atoms with van der Waals surface area (Å²) in [4.78, 5) is 15.9. The van der Waals surface area contributed by atoms with Crippen LogP contribution in [-0.2, 0) is 11.2 Å². The van der Waals surface area contributed by atoms with Crippen molar-refractivity contribution < 1.29 is 9.53 Å². The summed E-state index contributed by atoms with van der Waals surface area (Å²) in [6.07, 6.45) is 0.355. The van der Waals surface area contributed by atoms with Crippen molar-refractivity contribution in [3.05, 3.63) is 44.4 Å². The number of carbonyl (C=O) groups is 1. The molecule has 0 bridgehead atoms. The number of aromatic amines is 1. The minimum absolute atomic E-state index is 0.0174. The van der Waals surface area contributed by atoms with Crippen LogP contribution in [0.3, 0.4) is 0 Å². The van der Waals surface area contributed by atoms with Gasteiger partial charge in [0.2, 0.25) is 5.91 Å². The summed E-state index contributed by atoms with van der Waals surface area (Å²) in [6.45, 7) is 4.89. The Morgan fingerprint density at radius 2 is 2.24 bits per heavy atom. The van der Waals surface area contributed by atoms with Gasteiger partial charge < -0.3 is 15.0 Å². The Balaban J connectivity index is 1.72. The first kappa shape index (κ1) is 15.7. The van der Waals surface area contributed by atoms with Crippen molar-refractivity contribution in [3.63, 3.8) is 0 Å². The molecule has 0 aliphatic carbocycles. The van der Waals surface area contributed by atoms with E-state index in [1.54, 1.807) is 0 Å². The molecule has 2 N–H and O–H groups in total. The maximum Gasteiger partial charge on any atom is 0.225 e. The van der Waals surface area contributed by atoms with E-state index in [2.05, 4.69) is 10.3 Å². The number of ether oxygens (including phenoxy) is 1. The summed E-state index contributed by atoms with van der Waals surface area (Å²) in [5.41, 5.74) is 2.12. The summed E-state index contributed by atoms with van der Waals surface area (Å²) < 4.78 is 6.29. The van der Waals surface area contributed by atoms with Crippen LogP contribution in [-0.4, -0.2) is 24.0 Å².